The molecule has 0 radical (unpaired) electrons. The van der Waals surface area contributed by atoms with Crippen LogP contribution in [0.3, 0.4) is 0 Å². The molecule has 0 aliphatic rings. The summed E-state index contributed by atoms with van der Waals surface area (Å²) in [5.41, 5.74) is 0.187. The van der Waals surface area contributed by atoms with Crippen molar-refractivity contribution in [3.63, 3.8) is 0 Å². The highest BCUT2D eigenvalue weighted by molar-refractivity contribution is 5.61. The van der Waals surface area contributed by atoms with Gasteiger partial charge >= 0.3 is 11.9 Å². The Balaban J connectivity index is 2.02. The van der Waals surface area contributed by atoms with Crippen LogP contribution in [0.15, 0.2) is 47.4 Å². The molecule has 0 saturated carbocycles. The SMILES string of the molecule is COc1cn(Cc2cc(F)cc(F)c2)c(Nc2cc(OC(F)(F)F)ccc2C)nc1=O. The molecule has 0 bridgehead atoms. The van der Waals surface area contributed by atoms with Crippen LogP contribution in [0.25, 0.3) is 0 Å². The summed E-state index contributed by atoms with van der Waals surface area (Å²) in [6.45, 7) is 1.51. The lowest BCUT2D eigenvalue weighted by Gasteiger charge is -2.17. The van der Waals surface area contributed by atoms with Gasteiger partial charge in [-0.25, -0.2) is 8.78 Å². The van der Waals surface area contributed by atoms with Crippen molar-refractivity contribution in [1.82, 2.24) is 9.55 Å². The third kappa shape index (κ3) is 5.71. The van der Waals surface area contributed by atoms with Gasteiger partial charge in [0.1, 0.15) is 17.4 Å². The zero-order valence-corrected chi connectivity index (χ0v) is 16.3. The van der Waals surface area contributed by atoms with Gasteiger partial charge in [0.05, 0.1) is 19.9 Å². The second-order valence-electron chi connectivity index (χ2n) is 6.49. The number of alkyl halides is 3. The van der Waals surface area contributed by atoms with Crippen LogP contribution in [0.1, 0.15) is 11.1 Å². The lowest BCUT2D eigenvalue weighted by molar-refractivity contribution is -0.274. The van der Waals surface area contributed by atoms with Gasteiger partial charge in [0.25, 0.3) is 0 Å². The maximum atomic E-state index is 13.6. The number of methoxy groups -OCH3 is 1. The van der Waals surface area contributed by atoms with Crippen molar-refractivity contribution >= 4 is 11.6 Å². The van der Waals surface area contributed by atoms with E-state index in [0.29, 0.717) is 11.6 Å². The number of hydrogen-bond acceptors (Lipinski definition) is 5. The van der Waals surface area contributed by atoms with Crippen LogP contribution in [0.2, 0.25) is 0 Å². The van der Waals surface area contributed by atoms with Crippen molar-refractivity contribution in [2.75, 3.05) is 12.4 Å². The molecule has 0 aliphatic carbocycles. The Kier molecular flexibility index (Phi) is 6.14. The highest BCUT2D eigenvalue weighted by Gasteiger charge is 2.31. The maximum absolute atomic E-state index is 13.6. The molecular weight excluding hydrogens is 425 g/mol. The van der Waals surface area contributed by atoms with E-state index in [-0.39, 0.29) is 29.5 Å². The van der Waals surface area contributed by atoms with E-state index >= 15 is 0 Å². The van der Waals surface area contributed by atoms with Crippen LogP contribution in [0.4, 0.5) is 33.6 Å². The van der Waals surface area contributed by atoms with E-state index in [4.69, 9.17) is 4.74 Å². The minimum Gasteiger partial charge on any atom is -0.490 e. The minimum atomic E-state index is -4.88. The predicted octanol–water partition coefficient (Wildman–Crippen LogP) is 4.53. The molecule has 31 heavy (non-hydrogen) atoms. The van der Waals surface area contributed by atoms with E-state index in [0.717, 1.165) is 24.3 Å². The number of nitrogens with one attached hydrogen (secondary N) is 1. The molecule has 0 spiro atoms. The lowest BCUT2D eigenvalue weighted by atomic mass is 10.2. The minimum absolute atomic E-state index is 0.0808. The highest BCUT2D eigenvalue weighted by Crippen LogP contribution is 2.29. The Morgan fingerprint density at radius 1 is 1.10 bits per heavy atom. The first kappa shape index (κ1) is 22.1. The first-order valence-corrected chi connectivity index (χ1v) is 8.78. The molecule has 0 atom stereocenters. The van der Waals surface area contributed by atoms with Crippen LogP contribution in [0, 0.1) is 18.6 Å². The second-order valence-corrected chi connectivity index (χ2v) is 6.49. The van der Waals surface area contributed by atoms with Crippen molar-refractivity contribution in [3.05, 3.63) is 75.7 Å². The van der Waals surface area contributed by atoms with Crippen LogP contribution < -0.4 is 20.3 Å². The number of aryl methyl sites for hydroxylation is 1. The summed E-state index contributed by atoms with van der Waals surface area (Å²) in [6, 6.07) is 6.52. The average Bonchev–Trinajstić information content (AvgIpc) is 2.64. The summed E-state index contributed by atoms with van der Waals surface area (Å²) in [5, 5.41) is 2.77. The standard InChI is InChI=1S/C20H16F5N3O3/c1-11-3-4-15(31-20(23,24)25)8-16(11)26-19-27-18(29)17(30-2)10-28(19)9-12-5-13(21)7-14(22)6-12/h3-8,10H,9H2,1-2H3,(H,26,27,29). The molecule has 1 N–H and O–H groups in total. The number of hydrogen-bond donors (Lipinski definition) is 1. The van der Waals surface area contributed by atoms with E-state index in [2.05, 4.69) is 15.0 Å². The molecule has 3 rings (SSSR count). The fraction of sp³-hybridized carbons (Fsp3) is 0.200. The molecule has 164 valence electrons. The smallest absolute Gasteiger partial charge is 0.490 e. The third-order valence-corrected chi connectivity index (χ3v) is 4.15. The predicted molar refractivity (Wildman–Crippen MR) is 102 cm³/mol. The van der Waals surface area contributed by atoms with E-state index < -0.39 is 29.3 Å². The number of rotatable bonds is 6. The Hall–Kier alpha value is -3.63. The van der Waals surface area contributed by atoms with Gasteiger partial charge in [-0.15, -0.1) is 13.2 Å². The summed E-state index contributed by atoms with van der Waals surface area (Å²) in [7, 11) is 1.25. The Bertz CT molecular complexity index is 1140. The number of benzene rings is 2. The molecule has 3 aromatic rings. The Morgan fingerprint density at radius 2 is 1.77 bits per heavy atom. The fourth-order valence-electron chi connectivity index (χ4n) is 2.79. The molecule has 0 saturated heterocycles. The molecule has 1 aromatic heterocycles. The van der Waals surface area contributed by atoms with Crippen molar-refractivity contribution in [2.45, 2.75) is 19.8 Å². The van der Waals surface area contributed by atoms with Gasteiger partial charge in [-0.1, -0.05) is 6.07 Å². The molecule has 2 aromatic carbocycles. The third-order valence-electron chi connectivity index (χ3n) is 4.15. The quantitative estimate of drug-likeness (QED) is 0.570. The monoisotopic (exact) mass is 441 g/mol. The van der Waals surface area contributed by atoms with Gasteiger partial charge in [-0.05, 0) is 36.2 Å². The van der Waals surface area contributed by atoms with E-state index in [1.807, 2.05) is 0 Å². The van der Waals surface area contributed by atoms with E-state index in [1.165, 1.54) is 23.9 Å². The summed E-state index contributed by atoms with van der Waals surface area (Å²) in [6.07, 6.45) is -3.61. The number of anilines is 2. The topological polar surface area (TPSA) is 65.4 Å². The molecule has 0 amide bonds. The zero-order chi connectivity index (χ0) is 22.8. The molecule has 11 heteroatoms. The zero-order valence-electron chi connectivity index (χ0n) is 16.3. The maximum Gasteiger partial charge on any atom is 0.573 e. The summed E-state index contributed by atoms with van der Waals surface area (Å²) < 4.78 is 74.9. The average molecular weight is 441 g/mol. The van der Waals surface area contributed by atoms with Gasteiger partial charge < -0.3 is 19.4 Å². The van der Waals surface area contributed by atoms with E-state index in [9.17, 15) is 26.7 Å². The van der Waals surface area contributed by atoms with Crippen LogP contribution >= 0.6 is 0 Å². The molecule has 1 heterocycles. The van der Waals surface area contributed by atoms with Crippen molar-refractivity contribution in [2.24, 2.45) is 0 Å². The fourth-order valence-corrected chi connectivity index (χ4v) is 2.79. The van der Waals surface area contributed by atoms with Crippen molar-refractivity contribution in [1.29, 1.82) is 0 Å². The summed E-state index contributed by atoms with van der Waals surface area (Å²) in [5.74, 6) is -2.28. The first-order valence-electron chi connectivity index (χ1n) is 8.78. The molecule has 0 aliphatic heterocycles. The van der Waals surface area contributed by atoms with Crippen molar-refractivity contribution < 1.29 is 31.4 Å². The lowest BCUT2D eigenvalue weighted by Crippen LogP contribution is -2.19. The first-order chi connectivity index (χ1) is 14.5. The molecule has 0 fully saturated rings. The summed E-state index contributed by atoms with van der Waals surface area (Å²) in [4.78, 5) is 16.0. The molecule has 6 nitrogen and oxygen atoms in total. The summed E-state index contributed by atoms with van der Waals surface area (Å²) >= 11 is 0. The number of nitrogens with zero attached hydrogens (tertiary/aromatic N) is 2. The van der Waals surface area contributed by atoms with Gasteiger partial charge in [-0.2, -0.15) is 4.98 Å². The van der Waals surface area contributed by atoms with E-state index in [1.54, 1.807) is 6.92 Å². The largest absolute Gasteiger partial charge is 0.573 e. The number of halogens is 5. The van der Waals surface area contributed by atoms with Gasteiger partial charge in [0.15, 0.2) is 0 Å². The van der Waals surface area contributed by atoms with Gasteiger partial charge in [-0.3, -0.25) is 4.79 Å². The molecule has 0 unspecified atom stereocenters. The normalized spacial score (nSPS) is 11.3. The van der Waals surface area contributed by atoms with Crippen molar-refractivity contribution in [3.8, 4) is 11.5 Å². The Morgan fingerprint density at radius 3 is 2.39 bits per heavy atom. The number of ether oxygens (including phenoxy) is 2. The van der Waals surface area contributed by atoms with Crippen LogP contribution in [0.5, 0.6) is 11.5 Å². The number of aromatic nitrogens is 2. The Labute approximate surface area is 172 Å². The second kappa shape index (κ2) is 8.62. The van der Waals surface area contributed by atoms with Gasteiger partial charge in [0, 0.05) is 17.8 Å². The highest BCUT2D eigenvalue weighted by atomic mass is 19.4. The van der Waals surface area contributed by atoms with Gasteiger partial charge in [0.2, 0.25) is 11.7 Å². The molecular formula is C20H16F5N3O3. The van der Waals surface area contributed by atoms with Crippen LogP contribution in [-0.2, 0) is 6.54 Å². The van der Waals surface area contributed by atoms with Crippen LogP contribution in [-0.4, -0.2) is 23.0 Å².